The van der Waals surface area contributed by atoms with Crippen molar-refractivity contribution in [3.05, 3.63) is 70.3 Å². The maximum absolute atomic E-state index is 12.8. The molecule has 3 heterocycles. The van der Waals surface area contributed by atoms with E-state index in [2.05, 4.69) is 19.9 Å². The molecular weight excluding hydrogens is 473 g/mol. The minimum Gasteiger partial charge on any atom is -0.368 e. The van der Waals surface area contributed by atoms with Crippen molar-refractivity contribution in [3.63, 3.8) is 0 Å². The van der Waals surface area contributed by atoms with Crippen LogP contribution in [0.5, 0.6) is 0 Å². The molecule has 2 N–H and O–H groups in total. The van der Waals surface area contributed by atoms with E-state index in [4.69, 9.17) is 33.9 Å². The van der Waals surface area contributed by atoms with Crippen LogP contribution in [-0.4, -0.2) is 56.9 Å². The predicted molar refractivity (Wildman–Crippen MR) is 134 cm³/mol. The van der Waals surface area contributed by atoms with Crippen LogP contribution in [0.4, 0.5) is 11.8 Å². The van der Waals surface area contributed by atoms with Gasteiger partial charge in [0.05, 0.1) is 23.3 Å². The second-order valence-corrected chi connectivity index (χ2v) is 8.83. The Labute approximate surface area is 206 Å². The summed E-state index contributed by atoms with van der Waals surface area (Å²) in [6.07, 6.45) is 1.99. The third-order valence-electron chi connectivity index (χ3n) is 5.74. The zero-order valence-electron chi connectivity index (χ0n) is 18.2. The number of nitrogens with zero attached hydrogens (tertiary/aromatic N) is 6. The lowest BCUT2D eigenvalue weighted by atomic mass is 10.1. The largest absolute Gasteiger partial charge is 0.368 e. The molecule has 0 bridgehead atoms. The van der Waals surface area contributed by atoms with E-state index in [1.54, 1.807) is 24.4 Å². The number of piperazine rings is 1. The SMILES string of the molecule is Nc1nc(N2CCN(C(=O)Cc3ccccc3)CC2)c2nc(-c3ccc(Cl)cc3Cl)cnc2n1. The number of carbonyl (C=O) groups excluding carboxylic acids is 1. The highest BCUT2D eigenvalue weighted by Gasteiger charge is 2.25. The first-order valence-corrected chi connectivity index (χ1v) is 11.6. The Morgan fingerprint density at radius 2 is 1.74 bits per heavy atom. The second-order valence-electron chi connectivity index (χ2n) is 7.99. The van der Waals surface area contributed by atoms with Gasteiger partial charge in [0.25, 0.3) is 0 Å². The Morgan fingerprint density at radius 1 is 0.971 bits per heavy atom. The summed E-state index contributed by atoms with van der Waals surface area (Å²) < 4.78 is 0. The predicted octanol–water partition coefficient (Wildman–Crippen LogP) is 3.87. The Kier molecular flexibility index (Phi) is 6.17. The molecule has 0 saturated carbocycles. The smallest absolute Gasteiger partial charge is 0.227 e. The number of amides is 1. The summed E-state index contributed by atoms with van der Waals surface area (Å²) in [5.41, 5.74) is 9.20. The Hall–Kier alpha value is -3.49. The van der Waals surface area contributed by atoms with Gasteiger partial charge in [0.2, 0.25) is 11.9 Å². The summed E-state index contributed by atoms with van der Waals surface area (Å²) in [6.45, 7) is 2.35. The van der Waals surface area contributed by atoms with Gasteiger partial charge in [0.15, 0.2) is 17.0 Å². The maximum Gasteiger partial charge on any atom is 0.227 e. The van der Waals surface area contributed by atoms with Crippen molar-refractivity contribution in [3.8, 4) is 11.3 Å². The molecule has 0 unspecified atom stereocenters. The van der Waals surface area contributed by atoms with E-state index in [1.165, 1.54) is 0 Å². The fraction of sp³-hybridized carbons (Fsp3) is 0.208. The zero-order valence-corrected chi connectivity index (χ0v) is 19.7. The van der Waals surface area contributed by atoms with E-state index >= 15 is 0 Å². The molecule has 4 aromatic rings. The van der Waals surface area contributed by atoms with E-state index in [1.807, 2.05) is 35.2 Å². The van der Waals surface area contributed by atoms with Gasteiger partial charge in [-0.25, -0.2) is 9.97 Å². The summed E-state index contributed by atoms with van der Waals surface area (Å²) in [4.78, 5) is 34.6. The lowest BCUT2D eigenvalue weighted by Crippen LogP contribution is -2.49. The van der Waals surface area contributed by atoms with Crippen LogP contribution in [0.15, 0.2) is 54.7 Å². The van der Waals surface area contributed by atoms with Crippen molar-refractivity contribution in [2.24, 2.45) is 0 Å². The van der Waals surface area contributed by atoms with Crippen LogP contribution in [-0.2, 0) is 11.2 Å². The second kappa shape index (κ2) is 9.40. The molecule has 10 heteroatoms. The third-order valence-corrected chi connectivity index (χ3v) is 6.29. The quantitative estimate of drug-likeness (QED) is 0.460. The number of benzene rings is 2. The number of anilines is 2. The fourth-order valence-electron chi connectivity index (χ4n) is 4.01. The third kappa shape index (κ3) is 4.60. The van der Waals surface area contributed by atoms with Gasteiger partial charge in [-0.2, -0.15) is 9.97 Å². The highest BCUT2D eigenvalue weighted by Crippen LogP contribution is 2.31. The molecule has 2 aromatic carbocycles. The van der Waals surface area contributed by atoms with E-state index in [0.717, 1.165) is 5.56 Å². The monoisotopic (exact) mass is 493 g/mol. The lowest BCUT2D eigenvalue weighted by molar-refractivity contribution is -0.130. The minimum atomic E-state index is 0.109. The highest BCUT2D eigenvalue weighted by atomic mass is 35.5. The number of aromatic nitrogens is 4. The van der Waals surface area contributed by atoms with Gasteiger partial charge < -0.3 is 15.5 Å². The van der Waals surface area contributed by atoms with Gasteiger partial charge in [-0.3, -0.25) is 4.79 Å². The Bertz CT molecular complexity index is 1360. The molecule has 1 aliphatic heterocycles. The number of carbonyl (C=O) groups is 1. The van der Waals surface area contributed by atoms with Crippen LogP contribution in [0.3, 0.4) is 0 Å². The molecule has 0 atom stereocenters. The molecule has 0 spiro atoms. The van der Waals surface area contributed by atoms with E-state index in [-0.39, 0.29) is 11.9 Å². The topological polar surface area (TPSA) is 101 Å². The molecule has 172 valence electrons. The number of fused-ring (bicyclic) bond motifs is 1. The normalized spacial score (nSPS) is 13.9. The molecule has 34 heavy (non-hydrogen) atoms. The van der Waals surface area contributed by atoms with Gasteiger partial charge in [-0.1, -0.05) is 53.5 Å². The first kappa shape index (κ1) is 22.3. The highest BCUT2D eigenvalue weighted by molar-refractivity contribution is 6.36. The number of halogens is 2. The minimum absolute atomic E-state index is 0.109. The molecule has 2 aromatic heterocycles. The average molecular weight is 494 g/mol. The molecule has 0 radical (unpaired) electrons. The van der Waals surface area contributed by atoms with Crippen molar-refractivity contribution < 1.29 is 4.79 Å². The zero-order chi connectivity index (χ0) is 23.7. The van der Waals surface area contributed by atoms with Gasteiger partial charge in [-0.05, 0) is 23.8 Å². The van der Waals surface area contributed by atoms with Crippen LogP contribution in [0.25, 0.3) is 22.4 Å². The summed E-state index contributed by atoms with van der Waals surface area (Å²) in [5.74, 6) is 0.825. The number of nitrogen functional groups attached to an aromatic ring is 1. The first-order chi connectivity index (χ1) is 16.5. The van der Waals surface area contributed by atoms with Crippen LogP contribution in [0, 0.1) is 0 Å². The van der Waals surface area contributed by atoms with Gasteiger partial charge in [0.1, 0.15) is 0 Å². The fourth-order valence-corrected chi connectivity index (χ4v) is 4.51. The standard InChI is InChI=1S/C24H21Cl2N7O/c25-16-6-7-17(18(26)13-16)19-14-28-22-21(29-19)23(31-24(27)30-22)33-10-8-32(9-11-33)20(34)12-15-4-2-1-3-5-15/h1-7,13-14H,8-12H2,(H2,27,28,30,31). The van der Waals surface area contributed by atoms with Crippen molar-refractivity contribution in [1.29, 1.82) is 0 Å². The van der Waals surface area contributed by atoms with Crippen LogP contribution >= 0.6 is 23.2 Å². The molecule has 5 rings (SSSR count). The average Bonchev–Trinajstić information content (AvgIpc) is 2.84. The van der Waals surface area contributed by atoms with E-state index in [0.29, 0.717) is 70.9 Å². The van der Waals surface area contributed by atoms with Crippen LogP contribution in [0.1, 0.15) is 5.56 Å². The molecule has 1 saturated heterocycles. The molecule has 0 aliphatic carbocycles. The number of hydrogen-bond acceptors (Lipinski definition) is 7. The van der Waals surface area contributed by atoms with Gasteiger partial charge >= 0.3 is 0 Å². The van der Waals surface area contributed by atoms with E-state index < -0.39 is 0 Å². The number of nitrogens with two attached hydrogens (primary N) is 1. The van der Waals surface area contributed by atoms with Crippen LogP contribution < -0.4 is 10.6 Å². The number of hydrogen-bond donors (Lipinski definition) is 1. The molecule has 1 amide bonds. The van der Waals surface area contributed by atoms with Crippen molar-refractivity contribution in [2.75, 3.05) is 36.8 Å². The summed E-state index contributed by atoms with van der Waals surface area (Å²) >= 11 is 12.4. The molecule has 1 aliphatic rings. The molecule has 8 nitrogen and oxygen atoms in total. The van der Waals surface area contributed by atoms with Crippen LogP contribution in [0.2, 0.25) is 10.0 Å². The maximum atomic E-state index is 12.8. The summed E-state index contributed by atoms with van der Waals surface area (Å²) in [6, 6.07) is 15.0. The molecular formula is C24H21Cl2N7O. The van der Waals surface area contributed by atoms with Gasteiger partial charge in [-0.15, -0.1) is 0 Å². The summed E-state index contributed by atoms with van der Waals surface area (Å²) in [7, 11) is 0. The van der Waals surface area contributed by atoms with Gasteiger partial charge in [0, 0.05) is 36.8 Å². The van der Waals surface area contributed by atoms with Crippen molar-refractivity contribution >= 4 is 52.0 Å². The Morgan fingerprint density at radius 3 is 2.47 bits per heavy atom. The van der Waals surface area contributed by atoms with E-state index in [9.17, 15) is 4.79 Å². The molecule has 1 fully saturated rings. The first-order valence-electron chi connectivity index (χ1n) is 10.8. The summed E-state index contributed by atoms with van der Waals surface area (Å²) in [5, 5.41) is 1.02. The van der Waals surface area contributed by atoms with Crippen molar-refractivity contribution in [1.82, 2.24) is 24.8 Å². The lowest BCUT2D eigenvalue weighted by Gasteiger charge is -2.35. The van der Waals surface area contributed by atoms with Crippen molar-refractivity contribution in [2.45, 2.75) is 6.42 Å². The number of rotatable bonds is 4. The Balaban J connectivity index is 1.39.